The number of primary amides is 1. The molecule has 0 aromatic rings. The summed E-state index contributed by atoms with van der Waals surface area (Å²) in [6, 6.07) is -1.50. The highest BCUT2D eigenvalue weighted by Gasteiger charge is 2.10. The van der Waals surface area contributed by atoms with Gasteiger partial charge >= 0.3 is 11.9 Å². The molecule has 0 aliphatic carbocycles. The number of carbonyl (C=O) groups is 3. The Balaban J connectivity index is 0. The smallest absolute Gasteiger partial charge is 0.320 e. The quantitative estimate of drug-likeness (QED) is 0.386. The average molecular weight is 263 g/mol. The number of amides is 1. The van der Waals surface area contributed by atoms with Gasteiger partial charge in [0, 0.05) is 6.42 Å². The lowest BCUT2D eigenvalue weighted by Crippen LogP contribution is -2.36. The fourth-order valence-corrected chi connectivity index (χ4v) is 0.856. The Morgan fingerprint density at radius 3 is 1.78 bits per heavy atom. The molecule has 0 fully saturated rings. The van der Waals surface area contributed by atoms with Gasteiger partial charge in [0.25, 0.3) is 0 Å². The highest BCUT2D eigenvalue weighted by molar-refractivity contribution is 5.80. The maximum atomic E-state index is 10.2. The second kappa shape index (κ2) is 10.5. The Labute approximate surface area is 105 Å². The largest absolute Gasteiger partial charge is 0.481 e. The first-order valence-electron chi connectivity index (χ1n) is 5.47. The van der Waals surface area contributed by atoms with Gasteiger partial charge in [0.1, 0.15) is 6.04 Å². The van der Waals surface area contributed by atoms with Crippen molar-refractivity contribution in [2.75, 3.05) is 0 Å². The third-order valence-electron chi connectivity index (χ3n) is 1.95. The molecule has 2 atom stereocenters. The highest BCUT2D eigenvalue weighted by Crippen LogP contribution is 1.92. The lowest BCUT2D eigenvalue weighted by Gasteiger charge is -2.02. The lowest BCUT2D eigenvalue weighted by molar-refractivity contribution is -0.139. The number of hydrogen-bond acceptors (Lipinski definition) is 5. The first kappa shape index (κ1) is 18.7. The molecule has 0 spiro atoms. The number of aliphatic carboxylic acids is 2. The van der Waals surface area contributed by atoms with Crippen LogP contribution in [-0.4, -0.2) is 40.1 Å². The van der Waals surface area contributed by atoms with Crippen molar-refractivity contribution < 1.29 is 24.6 Å². The van der Waals surface area contributed by atoms with Crippen LogP contribution >= 0.6 is 0 Å². The first-order valence-corrected chi connectivity index (χ1v) is 5.47. The maximum Gasteiger partial charge on any atom is 0.320 e. The third-order valence-corrected chi connectivity index (χ3v) is 1.95. The van der Waals surface area contributed by atoms with Crippen molar-refractivity contribution >= 4 is 17.8 Å². The van der Waals surface area contributed by atoms with Gasteiger partial charge in [-0.25, -0.2) is 0 Å². The minimum Gasteiger partial charge on any atom is -0.481 e. The van der Waals surface area contributed by atoms with E-state index in [0.717, 1.165) is 6.42 Å². The minimum atomic E-state index is -0.975. The number of carboxylic acids is 2. The number of rotatable bonds is 7. The molecular formula is C10H21N3O5. The van der Waals surface area contributed by atoms with Gasteiger partial charge in [-0.05, 0) is 12.8 Å². The van der Waals surface area contributed by atoms with Gasteiger partial charge in [-0.15, -0.1) is 0 Å². The Morgan fingerprint density at radius 2 is 1.56 bits per heavy atom. The van der Waals surface area contributed by atoms with Gasteiger partial charge in [0.2, 0.25) is 5.91 Å². The van der Waals surface area contributed by atoms with Crippen LogP contribution in [0.25, 0.3) is 0 Å². The van der Waals surface area contributed by atoms with Gasteiger partial charge in [-0.1, -0.05) is 13.3 Å². The molecule has 0 saturated heterocycles. The Kier molecular flexibility index (Phi) is 10.9. The summed E-state index contributed by atoms with van der Waals surface area (Å²) in [7, 11) is 0. The van der Waals surface area contributed by atoms with E-state index in [1.54, 1.807) is 0 Å². The van der Waals surface area contributed by atoms with Crippen molar-refractivity contribution in [3.8, 4) is 0 Å². The van der Waals surface area contributed by atoms with Crippen LogP contribution < -0.4 is 17.2 Å². The molecule has 8 heteroatoms. The molecule has 106 valence electrons. The Hall–Kier alpha value is -1.67. The first-order chi connectivity index (χ1) is 8.22. The van der Waals surface area contributed by atoms with Gasteiger partial charge < -0.3 is 27.4 Å². The van der Waals surface area contributed by atoms with Gasteiger partial charge in [0.05, 0.1) is 6.04 Å². The van der Waals surface area contributed by atoms with E-state index in [1.807, 2.05) is 6.92 Å². The van der Waals surface area contributed by atoms with Crippen LogP contribution in [-0.2, 0) is 14.4 Å². The molecule has 8 nitrogen and oxygen atoms in total. The van der Waals surface area contributed by atoms with Crippen LogP contribution in [0.2, 0.25) is 0 Å². The van der Waals surface area contributed by atoms with E-state index in [4.69, 9.17) is 27.4 Å². The fourth-order valence-electron chi connectivity index (χ4n) is 0.856. The van der Waals surface area contributed by atoms with Crippen molar-refractivity contribution in [3.05, 3.63) is 0 Å². The molecule has 0 unspecified atom stereocenters. The second-order valence-electron chi connectivity index (χ2n) is 3.67. The summed E-state index contributed by atoms with van der Waals surface area (Å²) in [5.41, 5.74) is 15.0. The second-order valence-corrected chi connectivity index (χ2v) is 3.67. The summed E-state index contributed by atoms with van der Waals surface area (Å²) in [6.07, 6.45) is 1.37. The lowest BCUT2D eigenvalue weighted by atomic mass is 10.1. The van der Waals surface area contributed by atoms with Crippen molar-refractivity contribution in [2.24, 2.45) is 17.2 Å². The third kappa shape index (κ3) is 12.4. The standard InChI is InChI=1S/C5H10N2O3.C5H11NO2/c6-3(5(7)10)1-2-4(8)9;1-2-3-4(6)5(7)8/h3H,1-2,6H2,(H2,7,10)(H,8,9);4H,2-3,6H2,1H3,(H,7,8)/t3-;4-/m10/s1. The zero-order valence-corrected chi connectivity index (χ0v) is 10.3. The molecule has 0 aromatic heterocycles. The number of carboxylic acid groups (broad SMARTS) is 2. The fraction of sp³-hybridized carbons (Fsp3) is 0.700. The molecule has 0 aromatic carbocycles. The zero-order chi connectivity index (χ0) is 14.7. The molecule has 8 N–H and O–H groups in total. The van der Waals surface area contributed by atoms with Crippen LogP contribution in [0.15, 0.2) is 0 Å². The molecule has 0 radical (unpaired) electrons. The van der Waals surface area contributed by atoms with Crippen molar-refractivity contribution in [1.29, 1.82) is 0 Å². The van der Waals surface area contributed by atoms with Gasteiger partial charge in [0.15, 0.2) is 0 Å². The van der Waals surface area contributed by atoms with Crippen LogP contribution in [0.4, 0.5) is 0 Å². The summed E-state index contributed by atoms with van der Waals surface area (Å²) in [5, 5.41) is 16.3. The topological polar surface area (TPSA) is 170 Å². The molecule has 0 saturated carbocycles. The molecule has 0 heterocycles. The van der Waals surface area contributed by atoms with Crippen molar-refractivity contribution in [1.82, 2.24) is 0 Å². The van der Waals surface area contributed by atoms with E-state index < -0.39 is 29.9 Å². The van der Waals surface area contributed by atoms with Crippen LogP contribution in [0.3, 0.4) is 0 Å². The van der Waals surface area contributed by atoms with Crippen LogP contribution in [0.1, 0.15) is 32.6 Å². The molecule has 0 aliphatic rings. The van der Waals surface area contributed by atoms with E-state index in [1.165, 1.54) is 0 Å². The molecular weight excluding hydrogens is 242 g/mol. The zero-order valence-electron chi connectivity index (χ0n) is 10.3. The van der Waals surface area contributed by atoms with E-state index in [-0.39, 0.29) is 12.8 Å². The van der Waals surface area contributed by atoms with Crippen LogP contribution in [0, 0.1) is 0 Å². The van der Waals surface area contributed by atoms with Crippen LogP contribution in [0.5, 0.6) is 0 Å². The summed E-state index contributed by atoms with van der Waals surface area (Å²) in [6.45, 7) is 1.91. The molecule has 18 heavy (non-hydrogen) atoms. The number of hydrogen-bond donors (Lipinski definition) is 5. The minimum absolute atomic E-state index is 0.102. The summed E-state index contributed by atoms with van der Waals surface area (Å²) < 4.78 is 0. The molecule has 0 bridgehead atoms. The highest BCUT2D eigenvalue weighted by atomic mass is 16.4. The normalized spacial score (nSPS) is 12.8. The molecule has 0 rings (SSSR count). The predicted molar refractivity (Wildman–Crippen MR) is 64.6 cm³/mol. The van der Waals surface area contributed by atoms with Crippen molar-refractivity contribution in [3.63, 3.8) is 0 Å². The summed E-state index contributed by atoms with van der Waals surface area (Å²) in [5.74, 6) is -2.55. The van der Waals surface area contributed by atoms with Gasteiger partial charge in [-0.3, -0.25) is 14.4 Å². The number of carbonyl (C=O) groups excluding carboxylic acids is 1. The molecule has 0 aliphatic heterocycles. The maximum absolute atomic E-state index is 10.2. The molecule has 1 amide bonds. The summed E-state index contributed by atoms with van der Waals surface area (Å²) in [4.78, 5) is 30.1. The summed E-state index contributed by atoms with van der Waals surface area (Å²) >= 11 is 0. The SMILES string of the molecule is CCC[C@H](N)C(=O)O.NC(=O)[C@H](N)CCC(=O)O. The van der Waals surface area contributed by atoms with E-state index in [0.29, 0.717) is 6.42 Å². The number of nitrogens with two attached hydrogens (primary N) is 3. The Bertz CT molecular complexity index is 283. The Morgan fingerprint density at radius 1 is 1.06 bits per heavy atom. The predicted octanol–water partition coefficient (Wildman–Crippen LogP) is -1.14. The van der Waals surface area contributed by atoms with E-state index in [9.17, 15) is 14.4 Å². The van der Waals surface area contributed by atoms with E-state index >= 15 is 0 Å². The van der Waals surface area contributed by atoms with Gasteiger partial charge in [-0.2, -0.15) is 0 Å². The van der Waals surface area contributed by atoms with Crippen molar-refractivity contribution in [2.45, 2.75) is 44.7 Å². The monoisotopic (exact) mass is 263 g/mol. The average Bonchev–Trinajstić information content (AvgIpc) is 2.26. The van der Waals surface area contributed by atoms with E-state index in [2.05, 4.69) is 0 Å².